The molecule has 0 radical (unpaired) electrons. The van der Waals surface area contributed by atoms with Crippen molar-refractivity contribution >= 4 is 28.6 Å². The Balaban J connectivity index is 1.49. The molecule has 1 aliphatic heterocycles. The number of nitrogen functional groups attached to an aromatic ring is 1. The second-order valence-electron chi connectivity index (χ2n) is 7.72. The number of carbonyl (C=O) groups is 1. The van der Waals surface area contributed by atoms with Crippen LogP contribution in [-0.2, 0) is 6.54 Å². The number of nitrogens with one attached hydrogen (secondary N) is 1. The molecule has 2 aromatic heterocycles. The van der Waals surface area contributed by atoms with Crippen molar-refractivity contribution in [2.45, 2.75) is 31.9 Å². The summed E-state index contributed by atoms with van der Waals surface area (Å²) in [6.07, 6.45) is 1.35. The number of nitrogens with zero attached hydrogens (tertiary/aromatic N) is 4. The molecular formula is C21H23FN6O2. The van der Waals surface area contributed by atoms with Crippen LogP contribution in [-0.4, -0.2) is 44.7 Å². The van der Waals surface area contributed by atoms with Crippen LogP contribution < -0.4 is 16.0 Å². The molecule has 0 aliphatic carbocycles. The molecule has 30 heavy (non-hydrogen) atoms. The Bertz CT molecular complexity index is 1090. The van der Waals surface area contributed by atoms with E-state index in [1.54, 1.807) is 6.07 Å². The van der Waals surface area contributed by atoms with Crippen molar-refractivity contribution in [2.24, 2.45) is 0 Å². The van der Waals surface area contributed by atoms with Gasteiger partial charge in [0, 0.05) is 18.5 Å². The van der Waals surface area contributed by atoms with E-state index in [0.29, 0.717) is 37.0 Å². The van der Waals surface area contributed by atoms with Crippen molar-refractivity contribution in [3.8, 4) is 0 Å². The summed E-state index contributed by atoms with van der Waals surface area (Å²) in [6, 6.07) is 9.94. The van der Waals surface area contributed by atoms with E-state index in [2.05, 4.69) is 25.2 Å². The lowest BCUT2D eigenvalue weighted by molar-refractivity contribution is 0.0350. The second-order valence-corrected chi connectivity index (χ2v) is 7.72. The molecule has 0 spiro atoms. The second kappa shape index (κ2) is 7.83. The van der Waals surface area contributed by atoms with Crippen LogP contribution in [0.4, 0.5) is 16.2 Å². The highest BCUT2D eigenvalue weighted by atomic mass is 19.1. The number of pyridine rings is 1. The van der Waals surface area contributed by atoms with E-state index < -0.39 is 17.3 Å². The minimum Gasteiger partial charge on any atom is -0.390 e. The molecule has 1 aliphatic rings. The lowest BCUT2D eigenvalue weighted by Crippen LogP contribution is -2.42. The molecule has 3 heterocycles. The van der Waals surface area contributed by atoms with Crippen LogP contribution >= 0.6 is 0 Å². The largest absolute Gasteiger partial charge is 0.390 e. The maximum atomic E-state index is 14.0. The molecule has 0 unspecified atom stereocenters. The molecular weight excluding hydrogens is 387 g/mol. The molecule has 9 heteroatoms. The molecule has 4 rings (SSSR count). The lowest BCUT2D eigenvalue weighted by atomic mass is 9.94. The number of rotatable bonds is 4. The summed E-state index contributed by atoms with van der Waals surface area (Å²) in [7, 11) is 0. The summed E-state index contributed by atoms with van der Waals surface area (Å²) in [4.78, 5) is 27.3. The van der Waals surface area contributed by atoms with Crippen molar-refractivity contribution in [1.82, 2.24) is 20.3 Å². The van der Waals surface area contributed by atoms with E-state index in [1.165, 1.54) is 12.1 Å². The molecule has 1 aromatic carbocycles. The minimum absolute atomic E-state index is 0.0104. The van der Waals surface area contributed by atoms with E-state index in [-0.39, 0.29) is 23.7 Å². The first-order valence-corrected chi connectivity index (χ1v) is 9.76. The summed E-state index contributed by atoms with van der Waals surface area (Å²) in [5, 5.41) is 13.2. The Morgan fingerprint density at radius 3 is 2.70 bits per heavy atom. The van der Waals surface area contributed by atoms with E-state index in [0.717, 1.165) is 5.82 Å². The van der Waals surface area contributed by atoms with Crippen molar-refractivity contribution in [2.75, 3.05) is 23.7 Å². The SMILES string of the molecule is CC1(O)CCN(c2cccc(CNC(=O)c3nc(N)nc4c(F)cccc34)n2)CC1. The van der Waals surface area contributed by atoms with Crippen LogP contribution in [0.2, 0.25) is 0 Å². The van der Waals surface area contributed by atoms with E-state index in [1.807, 2.05) is 25.1 Å². The van der Waals surface area contributed by atoms with E-state index in [4.69, 9.17) is 5.73 Å². The number of aromatic nitrogens is 3. The summed E-state index contributed by atoms with van der Waals surface area (Å²) in [5.41, 5.74) is 5.73. The van der Waals surface area contributed by atoms with Crippen LogP contribution in [0.15, 0.2) is 36.4 Å². The van der Waals surface area contributed by atoms with Crippen LogP contribution in [0, 0.1) is 5.82 Å². The monoisotopic (exact) mass is 410 g/mol. The van der Waals surface area contributed by atoms with Crippen molar-refractivity contribution in [1.29, 1.82) is 0 Å². The number of piperidine rings is 1. The van der Waals surface area contributed by atoms with Gasteiger partial charge in [-0.3, -0.25) is 4.79 Å². The van der Waals surface area contributed by atoms with Gasteiger partial charge in [-0.1, -0.05) is 18.2 Å². The van der Waals surface area contributed by atoms with Gasteiger partial charge in [0.05, 0.1) is 17.8 Å². The molecule has 1 fully saturated rings. The Morgan fingerprint density at radius 1 is 1.20 bits per heavy atom. The van der Waals surface area contributed by atoms with Gasteiger partial charge in [-0.2, -0.15) is 0 Å². The van der Waals surface area contributed by atoms with Gasteiger partial charge in [0.1, 0.15) is 22.8 Å². The molecule has 0 atom stereocenters. The standard InChI is InChI=1S/C21H23FN6O2/c1-21(30)8-10-28(11-9-21)16-7-2-4-13(25-16)12-24-19(29)18-14-5-3-6-15(22)17(14)26-20(23)27-18/h2-7,30H,8-12H2,1H3,(H,24,29)(H2,23,26,27). The molecule has 8 nitrogen and oxygen atoms in total. The number of amides is 1. The fourth-order valence-corrected chi connectivity index (χ4v) is 3.52. The fraction of sp³-hybridized carbons (Fsp3) is 0.333. The van der Waals surface area contributed by atoms with Crippen molar-refractivity contribution in [3.05, 3.63) is 53.6 Å². The first-order valence-electron chi connectivity index (χ1n) is 9.76. The average molecular weight is 410 g/mol. The van der Waals surface area contributed by atoms with Gasteiger partial charge in [-0.15, -0.1) is 0 Å². The Hall–Kier alpha value is -3.33. The number of nitrogens with two attached hydrogens (primary N) is 1. The zero-order valence-electron chi connectivity index (χ0n) is 16.6. The highest BCUT2D eigenvalue weighted by molar-refractivity contribution is 6.04. The van der Waals surface area contributed by atoms with Crippen LogP contribution in [0.25, 0.3) is 10.9 Å². The zero-order valence-corrected chi connectivity index (χ0v) is 16.6. The third-order valence-corrected chi connectivity index (χ3v) is 5.30. The summed E-state index contributed by atoms with van der Waals surface area (Å²) in [5.74, 6) is -0.415. The fourth-order valence-electron chi connectivity index (χ4n) is 3.52. The Labute approximate surface area is 173 Å². The number of halogens is 1. The van der Waals surface area contributed by atoms with E-state index in [9.17, 15) is 14.3 Å². The van der Waals surface area contributed by atoms with E-state index >= 15 is 0 Å². The highest BCUT2D eigenvalue weighted by Gasteiger charge is 2.27. The molecule has 1 saturated heterocycles. The van der Waals surface area contributed by atoms with Gasteiger partial charge in [-0.05, 0) is 38.0 Å². The smallest absolute Gasteiger partial charge is 0.271 e. The molecule has 0 bridgehead atoms. The highest BCUT2D eigenvalue weighted by Crippen LogP contribution is 2.25. The topological polar surface area (TPSA) is 117 Å². The average Bonchev–Trinajstić information content (AvgIpc) is 2.72. The Morgan fingerprint density at radius 2 is 1.93 bits per heavy atom. The number of benzene rings is 1. The van der Waals surface area contributed by atoms with Gasteiger partial charge >= 0.3 is 0 Å². The number of hydrogen-bond acceptors (Lipinski definition) is 7. The van der Waals surface area contributed by atoms with Gasteiger partial charge in [-0.25, -0.2) is 19.3 Å². The van der Waals surface area contributed by atoms with Gasteiger partial charge in [0.15, 0.2) is 0 Å². The van der Waals surface area contributed by atoms with Crippen LogP contribution in [0.3, 0.4) is 0 Å². The van der Waals surface area contributed by atoms with Crippen LogP contribution in [0.5, 0.6) is 0 Å². The minimum atomic E-state index is -0.635. The Kier molecular flexibility index (Phi) is 5.21. The normalized spacial score (nSPS) is 15.9. The molecule has 4 N–H and O–H groups in total. The number of para-hydroxylation sites is 1. The number of hydrogen-bond donors (Lipinski definition) is 3. The molecule has 1 amide bonds. The van der Waals surface area contributed by atoms with Gasteiger partial charge in [0.2, 0.25) is 5.95 Å². The first kappa shape index (κ1) is 20.0. The first-order chi connectivity index (χ1) is 14.3. The number of carbonyl (C=O) groups excluding carboxylic acids is 1. The summed E-state index contributed by atoms with van der Waals surface area (Å²) in [6.45, 7) is 3.46. The maximum Gasteiger partial charge on any atom is 0.271 e. The van der Waals surface area contributed by atoms with Gasteiger partial charge in [0.25, 0.3) is 5.91 Å². The van der Waals surface area contributed by atoms with Crippen LogP contribution in [0.1, 0.15) is 35.9 Å². The summed E-state index contributed by atoms with van der Waals surface area (Å²) >= 11 is 0. The predicted molar refractivity (Wildman–Crippen MR) is 111 cm³/mol. The lowest BCUT2D eigenvalue weighted by Gasteiger charge is -2.36. The molecule has 156 valence electrons. The van der Waals surface area contributed by atoms with Gasteiger partial charge < -0.3 is 21.1 Å². The zero-order chi connectivity index (χ0) is 21.3. The molecule has 3 aromatic rings. The summed E-state index contributed by atoms with van der Waals surface area (Å²) < 4.78 is 14.0. The third-order valence-electron chi connectivity index (χ3n) is 5.30. The predicted octanol–water partition coefficient (Wildman–Crippen LogP) is 2.03. The quantitative estimate of drug-likeness (QED) is 0.602. The number of fused-ring (bicyclic) bond motifs is 1. The number of anilines is 2. The van der Waals surface area contributed by atoms with Crippen molar-refractivity contribution in [3.63, 3.8) is 0 Å². The third kappa shape index (κ3) is 4.16. The molecule has 0 saturated carbocycles. The number of aliphatic hydroxyl groups is 1. The van der Waals surface area contributed by atoms with Crippen molar-refractivity contribution < 1.29 is 14.3 Å². The maximum absolute atomic E-state index is 14.0.